The van der Waals surface area contributed by atoms with Crippen LogP contribution in [0, 0.1) is 18.7 Å². The van der Waals surface area contributed by atoms with Crippen molar-refractivity contribution < 1.29 is 9.13 Å². The first-order valence-corrected chi connectivity index (χ1v) is 7.39. The van der Waals surface area contributed by atoms with E-state index in [1.165, 1.54) is 25.0 Å². The summed E-state index contributed by atoms with van der Waals surface area (Å²) in [4.78, 5) is 0. The van der Waals surface area contributed by atoms with Gasteiger partial charge < -0.3 is 10.1 Å². The largest absolute Gasteiger partial charge is 0.454 e. The fourth-order valence-electron chi connectivity index (χ4n) is 2.65. The van der Waals surface area contributed by atoms with E-state index in [4.69, 9.17) is 4.74 Å². The number of hydrogen-bond donors (Lipinski definition) is 1. The van der Waals surface area contributed by atoms with E-state index < -0.39 is 0 Å². The third-order valence-corrected chi connectivity index (χ3v) is 3.99. The molecule has 0 bridgehead atoms. The number of ether oxygens (including phenoxy) is 1. The Labute approximate surface area is 123 Å². The molecule has 0 aliphatic carbocycles. The van der Waals surface area contributed by atoms with Gasteiger partial charge in [0.15, 0.2) is 5.75 Å². The Hall–Kier alpha value is -1.88. The van der Waals surface area contributed by atoms with Crippen LogP contribution in [0.3, 0.4) is 0 Å². The van der Waals surface area contributed by atoms with E-state index in [0.29, 0.717) is 11.7 Å². The van der Waals surface area contributed by atoms with Crippen molar-refractivity contribution in [3.8, 4) is 11.5 Å². The predicted octanol–water partition coefficient (Wildman–Crippen LogP) is 3.12. The van der Waals surface area contributed by atoms with Gasteiger partial charge in [0.25, 0.3) is 0 Å². The Balaban J connectivity index is 1.68. The quantitative estimate of drug-likeness (QED) is 0.940. The molecule has 1 aliphatic heterocycles. The van der Waals surface area contributed by atoms with Crippen molar-refractivity contribution in [2.75, 3.05) is 13.1 Å². The van der Waals surface area contributed by atoms with Gasteiger partial charge in [0, 0.05) is 6.54 Å². The van der Waals surface area contributed by atoms with E-state index in [-0.39, 0.29) is 5.82 Å². The average molecular weight is 289 g/mol. The number of halogens is 1. The summed E-state index contributed by atoms with van der Waals surface area (Å²) < 4.78 is 20.7. The van der Waals surface area contributed by atoms with E-state index in [9.17, 15) is 4.39 Å². The SMILES string of the molecule is Cc1c(Oc2ccc(F)cc2)cnn1CC1CCNCC1. The number of aromatic nitrogens is 2. The van der Waals surface area contributed by atoms with E-state index in [1.54, 1.807) is 18.3 Å². The molecular formula is C16H20FN3O. The summed E-state index contributed by atoms with van der Waals surface area (Å²) in [6, 6.07) is 6.03. The normalized spacial score (nSPS) is 16.1. The van der Waals surface area contributed by atoms with E-state index >= 15 is 0 Å². The summed E-state index contributed by atoms with van der Waals surface area (Å²) in [5, 5.41) is 7.79. The lowest BCUT2D eigenvalue weighted by atomic mass is 9.98. The number of nitrogens with zero attached hydrogens (tertiary/aromatic N) is 2. The second kappa shape index (κ2) is 6.26. The highest BCUT2D eigenvalue weighted by Crippen LogP contribution is 2.26. The van der Waals surface area contributed by atoms with Crippen LogP contribution in [0.4, 0.5) is 4.39 Å². The van der Waals surface area contributed by atoms with Crippen molar-refractivity contribution in [2.45, 2.75) is 26.3 Å². The van der Waals surface area contributed by atoms with E-state index in [0.717, 1.165) is 31.1 Å². The maximum absolute atomic E-state index is 12.9. The van der Waals surface area contributed by atoms with E-state index in [2.05, 4.69) is 10.4 Å². The molecule has 0 unspecified atom stereocenters. The fourth-order valence-corrected chi connectivity index (χ4v) is 2.65. The molecule has 1 saturated heterocycles. The first-order valence-electron chi connectivity index (χ1n) is 7.39. The molecule has 1 fully saturated rings. The molecule has 2 aromatic rings. The third-order valence-electron chi connectivity index (χ3n) is 3.99. The van der Waals surface area contributed by atoms with Crippen LogP contribution in [0.2, 0.25) is 0 Å². The van der Waals surface area contributed by atoms with Crippen molar-refractivity contribution in [3.63, 3.8) is 0 Å². The summed E-state index contributed by atoms with van der Waals surface area (Å²) in [7, 11) is 0. The Bertz CT molecular complexity index is 588. The number of hydrogen-bond acceptors (Lipinski definition) is 3. The first kappa shape index (κ1) is 14.1. The van der Waals surface area contributed by atoms with Crippen LogP contribution in [0.1, 0.15) is 18.5 Å². The van der Waals surface area contributed by atoms with Gasteiger partial charge in [0.2, 0.25) is 0 Å². The van der Waals surface area contributed by atoms with Crippen molar-refractivity contribution in [1.29, 1.82) is 0 Å². The zero-order valence-corrected chi connectivity index (χ0v) is 12.2. The summed E-state index contributed by atoms with van der Waals surface area (Å²) in [6.07, 6.45) is 4.11. The van der Waals surface area contributed by atoms with Crippen molar-refractivity contribution in [2.24, 2.45) is 5.92 Å². The second-order valence-corrected chi connectivity index (χ2v) is 5.53. The van der Waals surface area contributed by atoms with Gasteiger partial charge in [-0.2, -0.15) is 5.10 Å². The molecule has 2 heterocycles. The predicted molar refractivity (Wildman–Crippen MR) is 79.0 cm³/mol. The van der Waals surface area contributed by atoms with Crippen LogP contribution in [0.15, 0.2) is 30.5 Å². The summed E-state index contributed by atoms with van der Waals surface area (Å²) in [5.41, 5.74) is 1.01. The molecular weight excluding hydrogens is 269 g/mol. The number of piperidine rings is 1. The van der Waals surface area contributed by atoms with Crippen LogP contribution in [-0.4, -0.2) is 22.9 Å². The molecule has 1 aromatic carbocycles. The monoisotopic (exact) mass is 289 g/mol. The average Bonchev–Trinajstić information content (AvgIpc) is 2.84. The highest BCUT2D eigenvalue weighted by Gasteiger charge is 2.16. The molecule has 21 heavy (non-hydrogen) atoms. The maximum Gasteiger partial charge on any atom is 0.168 e. The molecule has 1 N–H and O–H groups in total. The molecule has 0 atom stereocenters. The summed E-state index contributed by atoms with van der Waals surface area (Å²) >= 11 is 0. The highest BCUT2D eigenvalue weighted by molar-refractivity contribution is 5.32. The van der Waals surface area contributed by atoms with Crippen molar-refractivity contribution >= 4 is 0 Å². The Morgan fingerprint density at radius 3 is 2.71 bits per heavy atom. The lowest BCUT2D eigenvalue weighted by molar-refractivity contribution is 0.318. The van der Waals surface area contributed by atoms with Crippen LogP contribution in [0.25, 0.3) is 0 Å². The number of benzene rings is 1. The second-order valence-electron chi connectivity index (χ2n) is 5.53. The van der Waals surface area contributed by atoms with E-state index in [1.807, 2.05) is 11.6 Å². The maximum atomic E-state index is 12.9. The highest BCUT2D eigenvalue weighted by atomic mass is 19.1. The lowest BCUT2D eigenvalue weighted by Crippen LogP contribution is -2.30. The number of nitrogens with one attached hydrogen (secondary N) is 1. The molecule has 112 valence electrons. The number of rotatable bonds is 4. The standard InChI is InChI=1S/C16H20FN3O/c1-12-16(21-15-4-2-14(17)3-5-15)10-19-20(12)11-13-6-8-18-9-7-13/h2-5,10,13,18H,6-9,11H2,1H3. The molecule has 0 radical (unpaired) electrons. The summed E-state index contributed by atoms with van der Waals surface area (Å²) in [5.74, 6) is 1.76. The topological polar surface area (TPSA) is 39.1 Å². The zero-order chi connectivity index (χ0) is 14.7. The van der Waals surface area contributed by atoms with Crippen molar-refractivity contribution in [3.05, 3.63) is 42.0 Å². The smallest absolute Gasteiger partial charge is 0.168 e. The molecule has 1 aliphatic rings. The Kier molecular flexibility index (Phi) is 4.20. The molecule has 5 heteroatoms. The van der Waals surface area contributed by atoms with Crippen LogP contribution in [-0.2, 0) is 6.54 Å². The molecule has 0 amide bonds. The van der Waals surface area contributed by atoms with Gasteiger partial charge in [-0.25, -0.2) is 4.39 Å². The third kappa shape index (κ3) is 3.42. The Morgan fingerprint density at radius 2 is 2.00 bits per heavy atom. The van der Waals surface area contributed by atoms with Gasteiger partial charge in [0.1, 0.15) is 11.6 Å². The van der Waals surface area contributed by atoms with Gasteiger partial charge in [-0.3, -0.25) is 4.68 Å². The van der Waals surface area contributed by atoms with Crippen LogP contribution < -0.4 is 10.1 Å². The van der Waals surface area contributed by atoms with Gasteiger partial charge in [-0.1, -0.05) is 0 Å². The molecule has 0 saturated carbocycles. The van der Waals surface area contributed by atoms with Gasteiger partial charge in [-0.15, -0.1) is 0 Å². The molecule has 0 spiro atoms. The molecule has 1 aromatic heterocycles. The van der Waals surface area contributed by atoms with Gasteiger partial charge in [0.05, 0.1) is 11.9 Å². The lowest BCUT2D eigenvalue weighted by Gasteiger charge is -2.22. The van der Waals surface area contributed by atoms with Gasteiger partial charge in [-0.05, 0) is 63.0 Å². The minimum atomic E-state index is -0.263. The minimum Gasteiger partial charge on any atom is -0.454 e. The minimum absolute atomic E-state index is 0.263. The summed E-state index contributed by atoms with van der Waals surface area (Å²) in [6.45, 7) is 5.11. The van der Waals surface area contributed by atoms with Crippen molar-refractivity contribution in [1.82, 2.24) is 15.1 Å². The molecule has 4 nitrogen and oxygen atoms in total. The van der Waals surface area contributed by atoms with Crippen LogP contribution >= 0.6 is 0 Å². The first-order chi connectivity index (χ1) is 10.2. The fraction of sp³-hybridized carbons (Fsp3) is 0.438. The van der Waals surface area contributed by atoms with Crippen LogP contribution in [0.5, 0.6) is 11.5 Å². The Morgan fingerprint density at radius 1 is 1.29 bits per heavy atom. The van der Waals surface area contributed by atoms with Gasteiger partial charge >= 0.3 is 0 Å². The zero-order valence-electron chi connectivity index (χ0n) is 12.2. The molecule has 3 rings (SSSR count).